The summed E-state index contributed by atoms with van der Waals surface area (Å²) in [6, 6.07) is 7.88. The highest BCUT2D eigenvalue weighted by molar-refractivity contribution is 7.92. The summed E-state index contributed by atoms with van der Waals surface area (Å²) in [6.07, 6.45) is -3.87. The third-order valence-corrected chi connectivity index (χ3v) is 7.03. The molecule has 7 nitrogen and oxygen atoms in total. The van der Waals surface area contributed by atoms with Gasteiger partial charge >= 0.3 is 6.18 Å². The third-order valence-electron chi connectivity index (χ3n) is 5.31. The topological polar surface area (TPSA) is 86.8 Å². The van der Waals surface area contributed by atoms with Crippen molar-refractivity contribution in [3.63, 3.8) is 0 Å². The van der Waals surface area contributed by atoms with Crippen molar-refractivity contribution >= 4 is 50.7 Å². The van der Waals surface area contributed by atoms with E-state index in [-0.39, 0.29) is 19.0 Å². The van der Waals surface area contributed by atoms with Crippen molar-refractivity contribution in [3.8, 4) is 0 Å². The van der Waals surface area contributed by atoms with Gasteiger partial charge in [-0.05, 0) is 56.2 Å². The lowest BCUT2D eigenvalue weighted by molar-refractivity contribution is -0.140. The van der Waals surface area contributed by atoms with E-state index < -0.39 is 56.9 Å². The van der Waals surface area contributed by atoms with Crippen molar-refractivity contribution < 1.29 is 31.2 Å². The molecular weight excluding hydrogens is 554 g/mol. The smallest absolute Gasteiger partial charge is 0.352 e. The maximum absolute atomic E-state index is 13.5. The highest BCUT2D eigenvalue weighted by Gasteiger charge is 2.36. The zero-order valence-electron chi connectivity index (χ0n) is 20.6. The molecule has 0 saturated carbocycles. The molecule has 0 unspecified atom stereocenters. The second kappa shape index (κ2) is 12.4. The molecule has 13 heteroatoms. The van der Waals surface area contributed by atoms with Crippen LogP contribution in [0.15, 0.2) is 42.5 Å². The number of halogens is 5. The summed E-state index contributed by atoms with van der Waals surface area (Å²) in [7, 11) is -4.21. The molecular formula is C24H28Cl2F3N3O4S. The van der Waals surface area contributed by atoms with Crippen LogP contribution in [0, 0.1) is 0 Å². The van der Waals surface area contributed by atoms with Gasteiger partial charge in [-0.1, -0.05) is 42.3 Å². The maximum atomic E-state index is 13.5. The summed E-state index contributed by atoms with van der Waals surface area (Å²) in [4.78, 5) is 27.7. The summed E-state index contributed by atoms with van der Waals surface area (Å²) >= 11 is 11.6. The van der Waals surface area contributed by atoms with E-state index in [2.05, 4.69) is 5.32 Å². The van der Waals surface area contributed by atoms with E-state index in [1.165, 1.54) is 4.90 Å². The van der Waals surface area contributed by atoms with Gasteiger partial charge in [-0.2, -0.15) is 13.2 Å². The van der Waals surface area contributed by atoms with E-state index in [1.54, 1.807) is 45.0 Å². The number of hydrogen-bond acceptors (Lipinski definition) is 4. The van der Waals surface area contributed by atoms with Gasteiger partial charge in [0.25, 0.3) is 0 Å². The SMILES string of the molecule is CC[C@H](C(=O)NC(C)C)N(Cc1ccc(Cl)cc1)C(=O)CN(c1ccc(Cl)c(C(F)(F)F)c1)S(C)(=O)=O. The Balaban J connectivity index is 2.52. The number of carbonyl (C=O) groups is 2. The van der Waals surface area contributed by atoms with Crippen LogP contribution in [-0.4, -0.2) is 50.0 Å². The first-order valence-electron chi connectivity index (χ1n) is 11.2. The Morgan fingerprint density at radius 3 is 2.14 bits per heavy atom. The zero-order chi connectivity index (χ0) is 28.1. The molecule has 0 aliphatic rings. The fraction of sp³-hybridized carbons (Fsp3) is 0.417. The number of nitrogens with zero attached hydrogens (tertiary/aromatic N) is 2. The van der Waals surface area contributed by atoms with Crippen molar-refractivity contribution in [3.05, 3.63) is 63.6 Å². The van der Waals surface area contributed by atoms with Crippen LogP contribution < -0.4 is 9.62 Å². The molecule has 0 saturated heterocycles. The van der Waals surface area contributed by atoms with E-state index in [4.69, 9.17) is 23.2 Å². The first-order chi connectivity index (χ1) is 17.0. The van der Waals surface area contributed by atoms with Crippen molar-refractivity contribution in [1.82, 2.24) is 10.2 Å². The molecule has 204 valence electrons. The normalized spacial score (nSPS) is 12.8. The first-order valence-corrected chi connectivity index (χ1v) is 13.8. The third kappa shape index (κ3) is 8.51. The highest BCUT2D eigenvalue weighted by atomic mass is 35.5. The summed E-state index contributed by atoms with van der Waals surface area (Å²) in [5.41, 5.74) is -1.02. The molecule has 0 radical (unpaired) electrons. The minimum Gasteiger partial charge on any atom is -0.352 e. The molecule has 37 heavy (non-hydrogen) atoms. The summed E-state index contributed by atoms with van der Waals surface area (Å²) in [5, 5.41) is 2.59. The fourth-order valence-electron chi connectivity index (χ4n) is 3.59. The lowest BCUT2D eigenvalue weighted by atomic mass is 10.1. The van der Waals surface area contributed by atoms with E-state index in [0.29, 0.717) is 21.0 Å². The molecule has 0 aliphatic carbocycles. The van der Waals surface area contributed by atoms with Crippen molar-refractivity contribution in [2.24, 2.45) is 0 Å². The van der Waals surface area contributed by atoms with Gasteiger partial charge in [-0.3, -0.25) is 13.9 Å². The Labute approximate surface area is 224 Å². The molecule has 0 spiro atoms. The number of anilines is 1. The standard InChI is InChI=1S/C24H28Cl2F3N3O4S/c1-5-21(23(34)30-15(2)3)31(13-16-6-8-17(25)9-7-16)22(33)14-32(37(4,35)36)18-10-11-20(26)19(12-18)24(27,28)29/h6-12,15,21H,5,13-14H2,1-4H3,(H,30,34)/t21-/m1/s1. The van der Waals surface area contributed by atoms with Gasteiger partial charge in [-0.25, -0.2) is 8.42 Å². The van der Waals surface area contributed by atoms with Crippen LogP contribution in [0.5, 0.6) is 0 Å². The number of sulfonamides is 1. The molecule has 2 aromatic carbocycles. The monoisotopic (exact) mass is 581 g/mol. The molecule has 2 amide bonds. The van der Waals surface area contributed by atoms with Crippen molar-refractivity contribution in [1.29, 1.82) is 0 Å². The van der Waals surface area contributed by atoms with E-state index in [9.17, 15) is 31.2 Å². The predicted molar refractivity (Wildman–Crippen MR) is 138 cm³/mol. The van der Waals surface area contributed by atoms with Crippen molar-refractivity contribution in [2.45, 2.75) is 52.0 Å². The Morgan fingerprint density at radius 1 is 1.05 bits per heavy atom. The molecule has 1 atom stereocenters. The number of nitrogens with one attached hydrogen (secondary N) is 1. The van der Waals surface area contributed by atoms with Crippen LogP contribution in [0.1, 0.15) is 38.3 Å². The van der Waals surface area contributed by atoms with Crippen LogP contribution >= 0.6 is 23.2 Å². The van der Waals surface area contributed by atoms with Crippen LogP contribution in [0.4, 0.5) is 18.9 Å². The Kier molecular flexibility index (Phi) is 10.3. The Morgan fingerprint density at radius 2 is 1.65 bits per heavy atom. The van der Waals surface area contributed by atoms with Gasteiger partial charge < -0.3 is 10.2 Å². The molecule has 0 aromatic heterocycles. The predicted octanol–water partition coefficient (Wildman–Crippen LogP) is 5.11. The average Bonchev–Trinajstić information content (AvgIpc) is 2.77. The van der Waals surface area contributed by atoms with Gasteiger partial charge in [0.2, 0.25) is 21.8 Å². The number of rotatable bonds is 10. The summed E-state index contributed by atoms with van der Waals surface area (Å²) in [5.74, 6) is -1.23. The molecule has 0 bridgehead atoms. The lowest BCUT2D eigenvalue weighted by Crippen LogP contribution is -2.53. The van der Waals surface area contributed by atoms with Gasteiger partial charge in [0.1, 0.15) is 12.6 Å². The minimum absolute atomic E-state index is 0.0634. The van der Waals surface area contributed by atoms with Crippen LogP contribution in [-0.2, 0) is 32.3 Å². The molecule has 2 aromatic rings. The fourth-order valence-corrected chi connectivity index (χ4v) is 4.78. The summed E-state index contributed by atoms with van der Waals surface area (Å²) < 4.78 is 66.0. The van der Waals surface area contributed by atoms with Crippen LogP contribution in [0.3, 0.4) is 0 Å². The van der Waals surface area contributed by atoms with Crippen molar-refractivity contribution in [2.75, 3.05) is 17.1 Å². The largest absolute Gasteiger partial charge is 0.417 e. The minimum atomic E-state index is -4.84. The number of benzene rings is 2. The van der Waals surface area contributed by atoms with Gasteiger partial charge in [0.05, 0.1) is 22.5 Å². The molecule has 0 heterocycles. The van der Waals surface area contributed by atoms with E-state index in [1.807, 2.05) is 0 Å². The second-order valence-electron chi connectivity index (χ2n) is 8.67. The zero-order valence-corrected chi connectivity index (χ0v) is 23.0. The number of amides is 2. The molecule has 0 aliphatic heterocycles. The molecule has 0 fully saturated rings. The quantitative estimate of drug-likeness (QED) is 0.422. The van der Waals surface area contributed by atoms with Gasteiger partial charge in [0.15, 0.2) is 0 Å². The van der Waals surface area contributed by atoms with Crippen LogP contribution in [0.25, 0.3) is 0 Å². The van der Waals surface area contributed by atoms with Gasteiger partial charge in [0, 0.05) is 17.6 Å². The number of carbonyl (C=O) groups excluding carboxylic acids is 2. The number of alkyl halides is 3. The molecule has 2 rings (SSSR count). The maximum Gasteiger partial charge on any atom is 0.417 e. The Hall–Kier alpha value is -2.50. The highest BCUT2D eigenvalue weighted by Crippen LogP contribution is 2.37. The Bertz CT molecular complexity index is 1220. The second-order valence-corrected chi connectivity index (χ2v) is 11.4. The first kappa shape index (κ1) is 30.7. The molecule has 1 N–H and O–H groups in total. The van der Waals surface area contributed by atoms with Gasteiger partial charge in [-0.15, -0.1) is 0 Å². The summed E-state index contributed by atoms with van der Waals surface area (Å²) in [6.45, 7) is 4.29. The van der Waals surface area contributed by atoms with E-state index >= 15 is 0 Å². The number of hydrogen-bond donors (Lipinski definition) is 1. The average molecular weight is 582 g/mol. The van der Waals surface area contributed by atoms with Crippen LogP contribution in [0.2, 0.25) is 10.0 Å². The lowest BCUT2D eigenvalue weighted by Gasteiger charge is -2.33. The van der Waals surface area contributed by atoms with E-state index in [0.717, 1.165) is 18.4 Å².